The summed E-state index contributed by atoms with van der Waals surface area (Å²) < 4.78 is 13.6. The minimum absolute atomic E-state index is 0.130. The summed E-state index contributed by atoms with van der Waals surface area (Å²) in [5.74, 6) is -0.0286. The molecule has 0 saturated carbocycles. The molecule has 0 amide bonds. The second-order valence-corrected chi connectivity index (χ2v) is 8.21. The molecule has 0 fully saturated rings. The van der Waals surface area contributed by atoms with Crippen molar-refractivity contribution in [1.82, 2.24) is 0 Å². The van der Waals surface area contributed by atoms with Crippen LogP contribution in [0.25, 0.3) is 0 Å². The van der Waals surface area contributed by atoms with Gasteiger partial charge in [-0.2, -0.15) is 0 Å². The molecule has 146 valence electrons. The largest absolute Gasteiger partial charge is 0.508 e. The van der Waals surface area contributed by atoms with Crippen LogP contribution in [0.1, 0.15) is 44.9 Å². The maximum absolute atomic E-state index is 13.6. The van der Waals surface area contributed by atoms with Crippen LogP contribution in [0.5, 0.6) is 11.5 Å². The Hall–Kier alpha value is -3.59. The van der Waals surface area contributed by atoms with Crippen LogP contribution in [0.4, 0.5) is 4.39 Å². The number of phenols is 2. The topological polar surface area (TPSA) is 40.5 Å². The average molecular weight is 394 g/mol. The number of rotatable bonds is 2. The van der Waals surface area contributed by atoms with Crippen molar-refractivity contribution in [2.45, 2.75) is 17.8 Å². The van der Waals surface area contributed by atoms with Gasteiger partial charge in [0.15, 0.2) is 0 Å². The molecule has 7 rings (SSSR count). The molecule has 30 heavy (non-hydrogen) atoms. The van der Waals surface area contributed by atoms with E-state index in [2.05, 4.69) is 24.3 Å². The van der Waals surface area contributed by atoms with E-state index in [0.717, 1.165) is 38.9 Å². The Kier molecular flexibility index (Phi) is 3.43. The monoisotopic (exact) mass is 394 g/mol. The second-order valence-electron chi connectivity index (χ2n) is 8.21. The Morgan fingerprint density at radius 2 is 1.27 bits per heavy atom. The third-order valence-electron chi connectivity index (χ3n) is 6.76. The molecule has 3 heteroatoms. The molecule has 0 spiro atoms. The summed E-state index contributed by atoms with van der Waals surface area (Å²) in [4.78, 5) is 0. The Balaban J connectivity index is 1.76. The van der Waals surface area contributed by atoms with Crippen LogP contribution < -0.4 is 0 Å². The highest BCUT2D eigenvalue weighted by Crippen LogP contribution is 2.63. The number of benzene rings is 4. The molecule has 3 aliphatic carbocycles. The number of phenolic OH excluding ortho intramolecular Hbond substituents is 2. The fraction of sp³-hybridized carbons (Fsp3) is 0.111. The van der Waals surface area contributed by atoms with Crippen molar-refractivity contribution in [2.75, 3.05) is 0 Å². The van der Waals surface area contributed by atoms with E-state index in [1.54, 1.807) is 24.3 Å². The van der Waals surface area contributed by atoms with Crippen LogP contribution >= 0.6 is 0 Å². The summed E-state index contributed by atoms with van der Waals surface area (Å²) in [5, 5.41) is 22.0. The Bertz CT molecular complexity index is 1260. The number of hydrogen-bond donors (Lipinski definition) is 2. The summed E-state index contributed by atoms with van der Waals surface area (Å²) in [5.41, 5.74) is 6.38. The highest BCUT2D eigenvalue weighted by Gasteiger charge is 2.53. The zero-order valence-electron chi connectivity index (χ0n) is 16.1. The zero-order chi connectivity index (χ0) is 20.5. The number of halogens is 1. The maximum Gasteiger partial charge on any atom is 0.123 e. The van der Waals surface area contributed by atoms with Gasteiger partial charge in [-0.25, -0.2) is 4.39 Å². The van der Waals surface area contributed by atoms with Crippen molar-refractivity contribution < 1.29 is 14.6 Å². The quantitative estimate of drug-likeness (QED) is 0.433. The van der Waals surface area contributed by atoms with Gasteiger partial charge < -0.3 is 10.2 Å². The Labute approximate surface area is 173 Å². The lowest BCUT2D eigenvalue weighted by Gasteiger charge is -2.51. The van der Waals surface area contributed by atoms with Crippen LogP contribution in [0.2, 0.25) is 0 Å². The van der Waals surface area contributed by atoms with E-state index in [9.17, 15) is 14.6 Å². The van der Waals surface area contributed by atoms with Crippen LogP contribution in [0.15, 0.2) is 84.9 Å². The number of hydrogen-bond acceptors (Lipinski definition) is 2. The fourth-order valence-corrected chi connectivity index (χ4v) is 5.69. The van der Waals surface area contributed by atoms with Crippen molar-refractivity contribution >= 4 is 0 Å². The van der Waals surface area contributed by atoms with Gasteiger partial charge in [-0.05, 0) is 58.5 Å². The lowest BCUT2D eigenvalue weighted by Crippen LogP contribution is -2.43. The number of aromatic hydroxyl groups is 2. The molecule has 0 aliphatic heterocycles. The van der Waals surface area contributed by atoms with Gasteiger partial charge in [0, 0.05) is 17.0 Å². The average Bonchev–Trinajstić information content (AvgIpc) is 2.78. The van der Waals surface area contributed by atoms with Crippen LogP contribution in [-0.2, 0) is 11.8 Å². The smallest absolute Gasteiger partial charge is 0.123 e. The molecule has 0 unspecified atom stereocenters. The molecule has 4 aromatic rings. The van der Waals surface area contributed by atoms with E-state index < -0.39 is 5.41 Å². The third-order valence-corrected chi connectivity index (χ3v) is 6.76. The Morgan fingerprint density at radius 1 is 0.700 bits per heavy atom. The molecule has 3 aliphatic rings. The van der Waals surface area contributed by atoms with Crippen molar-refractivity contribution in [3.8, 4) is 11.5 Å². The van der Waals surface area contributed by atoms with Gasteiger partial charge in [0.25, 0.3) is 0 Å². The van der Waals surface area contributed by atoms with E-state index in [1.165, 1.54) is 12.1 Å². The summed E-state index contributed by atoms with van der Waals surface area (Å²) >= 11 is 0. The summed E-state index contributed by atoms with van der Waals surface area (Å²) in [6, 6.07) is 26.3. The van der Waals surface area contributed by atoms with E-state index in [1.807, 2.05) is 24.3 Å². The summed E-state index contributed by atoms with van der Waals surface area (Å²) in [6.07, 6.45) is 0.554. The standard InChI is InChI=1S/C27H19FO2/c28-17-11-9-16(10-12-17)15-27-20-7-3-1-5-18(20)24(19-6-2-4-8-21(19)27)25-22(29)13-14-23(30)26(25)27/h1-14,24,29-30H,15H2. The molecule has 0 radical (unpaired) electrons. The highest BCUT2D eigenvalue weighted by molar-refractivity contribution is 5.76. The van der Waals surface area contributed by atoms with Gasteiger partial charge in [-0.1, -0.05) is 60.7 Å². The van der Waals surface area contributed by atoms with Crippen molar-refractivity contribution in [3.63, 3.8) is 0 Å². The predicted molar refractivity (Wildman–Crippen MR) is 114 cm³/mol. The van der Waals surface area contributed by atoms with Gasteiger partial charge in [0.1, 0.15) is 17.3 Å². The Morgan fingerprint density at radius 3 is 1.90 bits per heavy atom. The van der Waals surface area contributed by atoms with Crippen molar-refractivity contribution in [1.29, 1.82) is 0 Å². The molecule has 2 bridgehead atoms. The predicted octanol–water partition coefficient (Wildman–Crippen LogP) is 5.62. The van der Waals surface area contributed by atoms with E-state index in [0.29, 0.717) is 6.42 Å². The normalized spacial score (nSPS) is 20.4. The first-order valence-corrected chi connectivity index (χ1v) is 10.1. The molecule has 0 atom stereocenters. The molecular formula is C27H19FO2. The first-order chi connectivity index (χ1) is 14.6. The van der Waals surface area contributed by atoms with Crippen molar-refractivity contribution in [3.05, 3.63) is 130 Å². The first kappa shape index (κ1) is 17.3. The molecule has 0 heterocycles. The van der Waals surface area contributed by atoms with Gasteiger partial charge >= 0.3 is 0 Å². The van der Waals surface area contributed by atoms with Gasteiger partial charge in [0.2, 0.25) is 0 Å². The minimum atomic E-state index is -0.669. The minimum Gasteiger partial charge on any atom is -0.508 e. The molecule has 2 N–H and O–H groups in total. The van der Waals surface area contributed by atoms with Crippen LogP contribution in [0, 0.1) is 5.82 Å². The second kappa shape index (κ2) is 5.96. The highest BCUT2D eigenvalue weighted by atomic mass is 19.1. The van der Waals surface area contributed by atoms with Crippen LogP contribution in [0.3, 0.4) is 0 Å². The summed E-state index contributed by atoms with van der Waals surface area (Å²) in [7, 11) is 0. The van der Waals surface area contributed by atoms with E-state index >= 15 is 0 Å². The molecule has 0 saturated heterocycles. The van der Waals surface area contributed by atoms with E-state index in [4.69, 9.17) is 0 Å². The lowest BCUT2D eigenvalue weighted by molar-refractivity contribution is 0.417. The van der Waals surface area contributed by atoms with Gasteiger partial charge in [-0.15, -0.1) is 0 Å². The van der Waals surface area contributed by atoms with Gasteiger partial charge in [0.05, 0.1) is 5.41 Å². The van der Waals surface area contributed by atoms with Gasteiger partial charge in [-0.3, -0.25) is 0 Å². The third kappa shape index (κ3) is 2.07. The molecule has 2 nitrogen and oxygen atoms in total. The van der Waals surface area contributed by atoms with E-state index in [-0.39, 0.29) is 23.2 Å². The maximum atomic E-state index is 13.6. The SMILES string of the molecule is Oc1ccc(O)c2c1C1c3ccccc3C2(Cc2ccc(F)cc2)c2ccccc21. The summed E-state index contributed by atoms with van der Waals surface area (Å²) in [6.45, 7) is 0. The fourth-order valence-electron chi connectivity index (χ4n) is 5.69. The molecule has 0 aromatic heterocycles. The van der Waals surface area contributed by atoms with Crippen molar-refractivity contribution in [2.24, 2.45) is 0 Å². The first-order valence-electron chi connectivity index (χ1n) is 10.1. The molecule has 4 aromatic carbocycles. The van der Waals surface area contributed by atoms with Crippen LogP contribution in [-0.4, -0.2) is 10.2 Å². The molecular weight excluding hydrogens is 375 g/mol. The lowest BCUT2D eigenvalue weighted by atomic mass is 9.51. The zero-order valence-corrected chi connectivity index (χ0v) is 16.1.